The van der Waals surface area contributed by atoms with Crippen LogP contribution >= 0.6 is 18.5 Å². The lowest BCUT2D eigenvalue weighted by Gasteiger charge is -2.20. The monoisotopic (exact) mass is 702 g/mol. The third kappa shape index (κ3) is 5.13. The van der Waals surface area contributed by atoms with Crippen molar-refractivity contribution < 1.29 is 8.98 Å². The minimum absolute atomic E-state index is 0.831. The Morgan fingerprint density at radius 1 is 0.346 bits per heavy atom. The van der Waals surface area contributed by atoms with Gasteiger partial charge in [0.25, 0.3) is 0 Å². The smallest absolute Gasteiger partial charge is 0.171 e. The summed E-state index contributed by atoms with van der Waals surface area (Å²) in [4.78, 5) is 0. The van der Waals surface area contributed by atoms with Crippen molar-refractivity contribution in [3.05, 3.63) is 188 Å². The van der Waals surface area contributed by atoms with E-state index in [4.69, 9.17) is 4.42 Å². The van der Waals surface area contributed by atoms with E-state index in [2.05, 4.69) is 109 Å². The van der Waals surface area contributed by atoms with E-state index in [1.165, 1.54) is 36.9 Å². The molecule has 0 atom stereocenters. The Labute approximate surface area is 305 Å². The van der Waals surface area contributed by atoms with Gasteiger partial charge in [-0.25, -0.2) is 0 Å². The summed E-state index contributed by atoms with van der Waals surface area (Å²) in [6.45, 7) is 0. The molecule has 0 unspecified atom stereocenters. The number of rotatable bonds is 6. The molecule has 2 heterocycles. The summed E-state index contributed by atoms with van der Waals surface area (Å²) in [5, 5.41) is 7.20. The van der Waals surface area contributed by atoms with E-state index in [0.717, 1.165) is 54.5 Å². The molecule has 52 heavy (non-hydrogen) atoms. The van der Waals surface area contributed by atoms with Crippen LogP contribution in [0.5, 0.6) is 0 Å². The van der Waals surface area contributed by atoms with Crippen molar-refractivity contribution >= 4 is 76.5 Å². The first-order valence-corrected chi connectivity index (χ1v) is 19.9. The quantitative estimate of drug-likeness (QED) is 0.162. The van der Waals surface area contributed by atoms with Crippen molar-refractivity contribution in [3.63, 3.8) is 0 Å². The maximum Gasteiger partial charge on any atom is 0.171 e. The first-order valence-electron chi connectivity index (χ1n) is 17.4. The van der Waals surface area contributed by atoms with Crippen LogP contribution < -0.4 is 15.9 Å². The van der Waals surface area contributed by atoms with Crippen LogP contribution in [0, 0.1) is 0 Å². The van der Waals surface area contributed by atoms with Gasteiger partial charge in [0.15, 0.2) is 7.14 Å². The maximum atomic E-state index is 15.1. The number of furan rings is 1. The molecular weight excluding hydrogens is 672 g/mol. The van der Waals surface area contributed by atoms with E-state index in [1.54, 1.807) is 0 Å². The van der Waals surface area contributed by atoms with Gasteiger partial charge in [-0.2, -0.15) is 0 Å². The zero-order chi connectivity index (χ0) is 34.6. The van der Waals surface area contributed by atoms with Crippen molar-refractivity contribution in [2.75, 3.05) is 0 Å². The summed E-state index contributed by atoms with van der Waals surface area (Å²) in [5.41, 5.74) is 8.63. The molecule has 0 amide bonds. The van der Waals surface area contributed by atoms with Crippen molar-refractivity contribution in [2.24, 2.45) is 0 Å². The second kappa shape index (κ2) is 12.4. The third-order valence-corrected chi connectivity index (χ3v) is 14.4. The lowest BCUT2D eigenvalue weighted by atomic mass is 9.98. The lowest BCUT2D eigenvalue weighted by molar-refractivity contribution is 0.592. The maximum absolute atomic E-state index is 15.1. The molecule has 2 aromatic heterocycles. The molecule has 8 aromatic carbocycles. The molecule has 0 spiro atoms. The summed E-state index contributed by atoms with van der Waals surface area (Å²) in [5.74, 6) is 0. The van der Waals surface area contributed by atoms with Gasteiger partial charge in [0, 0.05) is 46.9 Å². The number of hydrogen-bond acceptors (Lipinski definition) is 3. The predicted octanol–water partition coefficient (Wildman–Crippen LogP) is 12.6. The molecule has 0 N–H and O–H groups in total. The van der Waals surface area contributed by atoms with Crippen LogP contribution in [0.15, 0.2) is 192 Å². The Kier molecular flexibility index (Phi) is 7.32. The molecule has 10 aromatic rings. The Morgan fingerprint density at radius 2 is 0.750 bits per heavy atom. The van der Waals surface area contributed by atoms with E-state index >= 15 is 4.57 Å². The minimum atomic E-state index is -3.09. The molecule has 4 heteroatoms. The van der Waals surface area contributed by atoms with Crippen LogP contribution in [0.2, 0.25) is 0 Å². The van der Waals surface area contributed by atoms with Crippen LogP contribution in [-0.4, -0.2) is 0 Å². The van der Waals surface area contributed by atoms with Crippen LogP contribution in [0.4, 0.5) is 0 Å². The molecule has 0 aliphatic heterocycles. The summed E-state index contributed by atoms with van der Waals surface area (Å²) >= 11 is 1.82. The van der Waals surface area contributed by atoms with Gasteiger partial charge >= 0.3 is 0 Å². The van der Waals surface area contributed by atoms with Gasteiger partial charge in [-0.15, -0.1) is 11.3 Å². The highest BCUT2D eigenvalue weighted by molar-refractivity contribution is 7.85. The number of fused-ring (bicyclic) bond motifs is 6. The second-order valence-electron chi connectivity index (χ2n) is 13.2. The average molecular weight is 703 g/mol. The fraction of sp³-hybridized carbons (Fsp3) is 0. The highest BCUT2D eigenvalue weighted by Gasteiger charge is 2.29. The lowest BCUT2D eigenvalue weighted by Crippen LogP contribution is -2.25. The van der Waals surface area contributed by atoms with Crippen molar-refractivity contribution in [3.8, 4) is 33.4 Å². The van der Waals surface area contributed by atoms with Gasteiger partial charge in [-0.1, -0.05) is 133 Å². The fourth-order valence-corrected chi connectivity index (χ4v) is 11.3. The van der Waals surface area contributed by atoms with E-state index in [0.29, 0.717) is 0 Å². The molecule has 0 bridgehead atoms. The van der Waals surface area contributed by atoms with Gasteiger partial charge in [0.1, 0.15) is 11.2 Å². The highest BCUT2D eigenvalue weighted by Crippen LogP contribution is 2.44. The zero-order valence-electron chi connectivity index (χ0n) is 28.1. The molecule has 2 nitrogen and oxygen atoms in total. The molecule has 0 aliphatic carbocycles. The van der Waals surface area contributed by atoms with Crippen molar-refractivity contribution in [2.45, 2.75) is 0 Å². The molecule has 0 fully saturated rings. The first kappa shape index (κ1) is 30.8. The van der Waals surface area contributed by atoms with E-state index in [1.807, 2.05) is 90.2 Å². The summed E-state index contributed by atoms with van der Waals surface area (Å²) in [6, 6.07) is 65.0. The summed E-state index contributed by atoms with van der Waals surface area (Å²) in [6.07, 6.45) is 0. The second-order valence-corrected chi connectivity index (χ2v) is 17.1. The minimum Gasteiger partial charge on any atom is -0.456 e. The molecular formula is C48H31O2PS. The zero-order valence-corrected chi connectivity index (χ0v) is 29.8. The normalized spacial score (nSPS) is 11.9. The standard InChI is InChI=1S/C48H31O2PS/c49-51(38-14-6-2-7-15-38,39-16-8-3-9-17-39)40-18-10-13-33(27-40)36-21-25-47-43(30-36)44-31-37(22-26-48(44)52-47)35-20-24-46-42(29-35)41-28-34(19-23-45(41)50-46)32-11-4-1-5-12-32/h1-31H. The molecule has 0 aliphatic rings. The van der Waals surface area contributed by atoms with Crippen LogP contribution in [0.3, 0.4) is 0 Å². The fourth-order valence-electron chi connectivity index (χ4n) is 7.51. The topological polar surface area (TPSA) is 30.2 Å². The molecule has 0 saturated carbocycles. The number of benzene rings is 8. The van der Waals surface area contributed by atoms with Crippen LogP contribution in [-0.2, 0) is 4.57 Å². The van der Waals surface area contributed by atoms with Gasteiger partial charge in [0.2, 0.25) is 0 Å². The Bertz CT molecular complexity index is 2940. The Morgan fingerprint density at radius 3 is 1.29 bits per heavy atom. The number of hydrogen-bond donors (Lipinski definition) is 0. The molecule has 10 rings (SSSR count). The molecule has 0 saturated heterocycles. The van der Waals surface area contributed by atoms with Gasteiger partial charge in [-0.05, 0) is 88.0 Å². The van der Waals surface area contributed by atoms with Gasteiger partial charge in [-0.3, -0.25) is 0 Å². The van der Waals surface area contributed by atoms with Crippen LogP contribution in [0.1, 0.15) is 0 Å². The van der Waals surface area contributed by atoms with Crippen molar-refractivity contribution in [1.82, 2.24) is 0 Å². The average Bonchev–Trinajstić information content (AvgIpc) is 3.78. The number of thiophene rings is 1. The Balaban J connectivity index is 1.06. The summed E-state index contributed by atoms with van der Waals surface area (Å²) in [7, 11) is -3.09. The summed E-state index contributed by atoms with van der Waals surface area (Å²) < 4.78 is 23.9. The molecule has 0 radical (unpaired) electrons. The SMILES string of the molecule is O=P(c1ccccc1)(c1ccccc1)c1cccc(-c2ccc3sc4ccc(-c5ccc6oc7ccc(-c8ccccc8)cc7c6c5)cc4c3c2)c1. The third-order valence-electron chi connectivity index (χ3n) is 10.2. The van der Waals surface area contributed by atoms with Gasteiger partial charge in [0.05, 0.1) is 0 Å². The molecule has 246 valence electrons. The van der Waals surface area contributed by atoms with Crippen LogP contribution in [0.25, 0.3) is 75.5 Å². The first-order chi connectivity index (χ1) is 25.6. The highest BCUT2D eigenvalue weighted by atomic mass is 32.1. The van der Waals surface area contributed by atoms with Gasteiger partial charge < -0.3 is 8.98 Å². The largest absolute Gasteiger partial charge is 0.456 e. The van der Waals surface area contributed by atoms with E-state index in [9.17, 15) is 0 Å². The predicted molar refractivity (Wildman–Crippen MR) is 222 cm³/mol. The Hall–Kier alpha value is -5.99. The van der Waals surface area contributed by atoms with Crippen molar-refractivity contribution in [1.29, 1.82) is 0 Å². The van der Waals surface area contributed by atoms with E-state index in [-0.39, 0.29) is 0 Å². The van der Waals surface area contributed by atoms with E-state index < -0.39 is 7.14 Å².